The number of rotatable bonds is 3. The summed E-state index contributed by atoms with van der Waals surface area (Å²) >= 11 is 0. The number of hydrazine groups is 1. The van der Waals surface area contributed by atoms with Gasteiger partial charge in [-0.1, -0.05) is 30.3 Å². The summed E-state index contributed by atoms with van der Waals surface area (Å²) in [5.74, 6) is -0.0554. The van der Waals surface area contributed by atoms with E-state index in [1.807, 2.05) is 44.4 Å². The first kappa shape index (κ1) is 12.3. The van der Waals surface area contributed by atoms with Crippen LogP contribution in [0, 0.1) is 6.07 Å². The van der Waals surface area contributed by atoms with E-state index in [0.29, 0.717) is 5.56 Å². The molecule has 1 amide bonds. The molecule has 0 fully saturated rings. The fourth-order valence-corrected chi connectivity index (χ4v) is 1.75. The molecule has 0 aliphatic rings. The Morgan fingerprint density at radius 1 is 1.00 bits per heavy atom. The zero-order chi connectivity index (χ0) is 13.0. The van der Waals surface area contributed by atoms with Crippen LogP contribution in [-0.4, -0.2) is 25.0 Å². The van der Waals surface area contributed by atoms with E-state index in [1.165, 1.54) is 0 Å². The normalized spacial score (nSPS) is 10.4. The lowest BCUT2D eigenvalue weighted by Crippen LogP contribution is -2.42. The molecule has 0 saturated carbocycles. The average molecular weight is 239 g/mol. The molecule has 18 heavy (non-hydrogen) atoms. The van der Waals surface area contributed by atoms with Gasteiger partial charge in [-0.3, -0.25) is 4.79 Å². The predicted molar refractivity (Wildman–Crippen MR) is 72.2 cm³/mol. The Kier molecular flexibility index (Phi) is 3.75. The molecule has 0 N–H and O–H groups in total. The minimum Gasteiger partial charge on any atom is -0.267 e. The van der Waals surface area contributed by atoms with Gasteiger partial charge >= 0.3 is 0 Å². The molecular formula is C15H15N2O. The molecule has 0 aliphatic carbocycles. The van der Waals surface area contributed by atoms with Crippen LogP contribution in [0.5, 0.6) is 0 Å². The maximum absolute atomic E-state index is 12.5. The van der Waals surface area contributed by atoms with E-state index in [2.05, 4.69) is 6.07 Å². The summed E-state index contributed by atoms with van der Waals surface area (Å²) in [4.78, 5) is 12.5. The second-order valence-corrected chi connectivity index (χ2v) is 4.09. The minimum atomic E-state index is -0.0554. The van der Waals surface area contributed by atoms with Crippen LogP contribution >= 0.6 is 0 Å². The fourth-order valence-electron chi connectivity index (χ4n) is 1.75. The van der Waals surface area contributed by atoms with Gasteiger partial charge in [0.2, 0.25) is 0 Å². The molecule has 2 aromatic rings. The van der Waals surface area contributed by atoms with Gasteiger partial charge in [0.25, 0.3) is 5.91 Å². The molecule has 0 saturated heterocycles. The minimum absolute atomic E-state index is 0.0554. The van der Waals surface area contributed by atoms with E-state index in [4.69, 9.17) is 0 Å². The van der Waals surface area contributed by atoms with Gasteiger partial charge in [-0.15, -0.1) is 0 Å². The molecule has 0 atom stereocenters. The molecule has 0 heterocycles. The number of carbonyl (C=O) groups is 1. The van der Waals surface area contributed by atoms with Crippen LogP contribution in [0.4, 0.5) is 5.69 Å². The Bertz CT molecular complexity index is 509. The summed E-state index contributed by atoms with van der Waals surface area (Å²) in [6.45, 7) is 0. The molecule has 2 rings (SSSR count). The van der Waals surface area contributed by atoms with Crippen molar-refractivity contribution in [2.75, 3.05) is 19.1 Å². The summed E-state index contributed by atoms with van der Waals surface area (Å²) < 4.78 is 0. The molecule has 0 aliphatic heterocycles. The van der Waals surface area contributed by atoms with Gasteiger partial charge in [0, 0.05) is 19.7 Å². The average Bonchev–Trinajstić information content (AvgIpc) is 2.40. The Hall–Kier alpha value is -2.13. The molecule has 3 heteroatoms. The number of hydrogen-bond donors (Lipinski definition) is 0. The molecule has 0 aromatic heterocycles. The largest absolute Gasteiger partial charge is 0.272 e. The van der Waals surface area contributed by atoms with Crippen molar-refractivity contribution in [2.24, 2.45) is 0 Å². The highest BCUT2D eigenvalue weighted by Crippen LogP contribution is 2.17. The van der Waals surface area contributed by atoms with Crippen LogP contribution in [0.15, 0.2) is 54.6 Å². The number of para-hydroxylation sites is 1. The Morgan fingerprint density at radius 3 is 2.17 bits per heavy atom. The number of amides is 1. The highest BCUT2D eigenvalue weighted by Gasteiger charge is 2.19. The van der Waals surface area contributed by atoms with Crippen molar-refractivity contribution in [3.05, 3.63) is 66.2 Å². The quantitative estimate of drug-likeness (QED) is 0.769. The zero-order valence-corrected chi connectivity index (χ0v) is 10.5. The first-order chi connectivity index (χ1) is 8.70. The lowest BCUT2D eigenvalue weighted by molar-refractivity contribution is 0.0930. The van der Waals surface area contributed by atoms with Gasteiger partial charge in [0.1, 0.15) is 0 Å². The molecule has 2 aromatic carbocycles. The van der Waals surface area contributed by atoms with Crippen molar-refractivity contribution in [3.63, 3.8) is 0 Å². The van der Waals surface area contributed by atoms with Crippen molar-refractivity contribution < 1.29 is 4.79 Å². The van der Waals surface area contributed by atoms with E-state index in [9.17, 15) is 4.79 Å². The smallest absolute Gasteiger partial charge is 0.267 e. The third-order valence-electron chi connectivity index (χ3n) is 2.56. The monoisotopic (exact) mass is 239 g/mol. The Balaban J connectivity index is 2.35. The fraction of sp³-hybridized carbons (Fsp3) is 0.133. The molecule has 3 nitrogen and oxygen atoms in total. The Labute approximate surface area is 107 Å². The molecule has 91 valence electrons. The van der Waals surface area contributed by atoms with Gasteiger partial charge in [-0.25, -0.2) is 10.0 Å². The Morgan fingerprint density at radius 2 is 1.61 bits per heavy atom. The summed E-state index contributed by atoms with van der Waals surface area (Å²) in [6, 6.07) is 19.5. The van der Waals surface area contributed by atoms with E-state index in [0.717, 1.165) is 5.69 Å². The third kappa shape index (κ3) is 2.57. The summed E-state index contributed by atoms with van der Waals surface area (Å²) in [5, 5.41) is 3.41. The van der Waals surface area contributed by atoms with Crippen LogP contribution in [0.1, 0.15) is 10.4 Å². The van der Waals surface area contributed by atoms with Gasteiger partial charge in [0.15, 0.2) is 0 Å². The van der Waals surface area contributed by atoms with Crippen LogP contribution in [0.2, 0.25) is 0 Å². The first-order valence-electron chi connectivity index (χ1n) is 5.73. The second kappa shape index (κ2) is 5.47. The lowest BCUT2D eigenvalue weighted by atomic mass is 10.2. The second-order valence-electron chi connectivity index (χ2n) is 4.09. The first-order valence-corrected chi connectivity index (χ1v) is 5.73. The van der Waals surface area contributed by atoms with E-state index in [-0.39, 0.29) is 5.91 Å². The van der Waals surface area contributed by atoms with Crippen molar-refractivity contribution in [2.45, 2.75) is 0 Å². The topological polar surface area (TPSA) is 23.6 Å². The summed E-state index contributed by atoms with van der Waals surface area (Å²) in [6.07, 6.45) is 0. The van der Waals surface area contributed by atoms with E-state index < -0.39 is 0 Å². The van der Waals surface area contributed by atoms with Gasteiger partial charge in [-0.05, 0) is 30.3 Å². The molecule has 0 bridgehead atoms. The van der Waals surface area contributed by atoms with Crippen molar-refractivity contribution in [1.29, 1.82) is 0 Å². The van der Waals surface area contributed by atoms with E-state index >= 15 is 0 Å². The predicted octanol–water partition coefficient (Wildman–Crippen LogP) is 2.61. The van der Waals surface area contributed by atoms with Gasteiger partial charge in [-0.2, -0.15) is 0 Å². The molecular weight excluding hydrogens is 224 g/mol. The number of carbonyl (C=O) groups excluding carboxylic acids is 1. The van der Waals surface area contributed by atoms with Crippen LogP contribution in [-0.2, 0) is 0 Å². The third-order valence-corrected chi connectivity index (χ3v) is 2.56. The lowest BCUT2D eigenvalue weighted by Gasteiger charge is -2.28. The molecule has 0 unspecified atom stereocenters. The van der Waals surface area contributed by atoms with Crippen molar-refractivity contribution in [1.82, 2.24) is 5.01 Å². The molecule has 1 radical (unpaired) electrons. The van der Waals surface area contributed by atoms with Crippen LogP contribution < -0.4 is 5.01 Å². The van der Waals surface area contributed by atoms with Gasteiger partial charge in [0.05, 0.1) is 5.69 Å². The molecule has 0 spiro atoms. The maximum Gasteiger partial charge on any atom is 0.272 e. The van der Waals surface area contributed by atoms with Gasteiger partial charge < -0.3 is 0 Å². The number of hydrogen-bond acceptors (Lipinski definition) is 2. The SMILES string of the molecule is CN(C)N(C(=O)c1cc[c]cc1)c1ccccc1. The zero-order valence-electron chi connectivity index (χ0n) is 10.5. The van der Waals surface area contributed by atoms with E-state index in [1.54, 1.807) is 34.3 Å². The number of anilines is 1. The van der Waals surface area contributed by atoms with Crippen LogP contribution in [0.25, 0.3) is 0 Å². The van der Waals surface area contributed by atoms with Crippen LogP contribution in [0.3, 0.4) is 0 Å². The number of benzene rings is 2. The van der Waals surface area contributed by atoms with Crippen molar-refractivity contribution >= 4 is 11.6 Å². The maximum atomic E-state index is 12.5. The summed E-state index contributed by atoms with van der Waals surface area (Å²) in [7, 11) is 3.69. The number of nitrogens with zero attached hydrogens (tertiary/aromatic N) is 2. The standard InChI is InChI=1S/C15H15N2O/c1-16(2)17(14-11-7-4-8-12-14)15(18)13-9-5-3-6-10-13/h4-12H,1-2H3. The highest BCUT2D eigenvalue weighted by atomic mass is 16.2. The van der Waals surface area contributed by atoms with Crippen molar-refractivity contribution in [3.8, 4) is 0 Å². The highest BCUT2D eigenvalue weighted by molar-refractivity contribution is 6.05. The summed E-state index contributed by atoms with van der Waals surface area (Å²) in [5.41, 5.74) is 1.49.